The van der Waals surface area contributed by atoms with E-state index in [1.165, 1.54) is 31.4 Å². The van der Waals surface area contributed by atoms with E-state index in [-0.39, 0.29) is 16.8 Å². The quantitative estimate of drug-likeness (QED) is 0.552. The van der Waals surface area contributed by atoms with Gasteiger partial charge in [-0.05, 0) is 61.5 Å². The van der Waals surface area contributed by atoms with Crippen LogP contribution in [0.3, 0.4) is 0 Å². The van der Waals surface area contributed by atoms with Crippen molar-refractivity contribution in [3.63, 3.8) is 0 Å². The average Bonchev–Trinajstić information content (AvgIpc) is 2.79. The Kier molecular flexibility index (Phi) is 6.81. The summed E-state index contributed by atoms with van der Waals surface area (Å²) in [4.78, 5) is 12.7. The highest BCUT2D eigenvalue weighted by Gasteiger charge is 2.17. The summed E-state index contributed by atoms with van der Waals surface area (Å²) in [5, 5.41) is 2.90. The van der Waals surface area contributed by atoms with Gasteiger partial charge in [-0.15, -0.1) is 0 Å². The largest absolute Gasteiger partial charge is 0.497 e. The highest BCUT2D eigenvalue weighted by molar-refractivity contribution is 7.92. The van der Waals surface area contributed by atoms with Crippen molar-refractivity contribution in [1.29, 1.82) is 0 Å². The monoisotopic (exact) mass is 440 g/mol. The molecule has 0 aromatic heterocycles. The lowest BCUT2D eigenvalue weighted by molar-refractivity contribution is 0.0939. The normalized spacial score (nSPS) is 12.0. The topological polar surface area (TPSA) is 93.7 Å². The number of hydrogen-bond donors (Lipinski definition) is 2. The molecule has 8 heteroatoms. The molecule has 0 saturated carbocycles. The van der Waals surface area contributed by atoms with E-state index in [9.17, 15) is 13.2 Å². The molecule has 1 unspecified atom stereocenters. The van der Waals surface area contributed by atoms with Gasteiger partial charge in [0.25, 0.3) is 15.9 Å². The predicted octanol–water partition coefficient (Wildman–Crippen LogP) is 4.00. The first-order valence-electron chi connectivity index (χ1n) is 9.55. The van der Waals surface area contributed by atoms with E-state index < -0.39 is 10.0 Å². The van der Waals surface area contributed by atoms with Gasteiger partial charge in [0.1, 0.15) is 11.5 Å². The van der Waals surface area contributed by atoms with Crippen LogP contribution in [0.5, 0.6) is 11.5 Å². The molecule has 0 saturated heterocycles. The first kappa shape index (κ1) is 22.2. The van der Waals surface area contributed by atoms with Gasteiger partial charge in [-0.2, -0.15) is 0 Å². The maximum absolute atomic E-state index is 12.6. The molecule has 0 bridgehead atoms. The van der Waals surface area contributed by atoms with Crippen LogP contribution in [0.4, 0.5) is 5.69 Å². The fraction of sp³-hybridized carbons (Fsp3) is 0.174. The van der Waals surface area contributed by atoms with Gasteiger partial charge in [-0.3, -0.25) is 9.52 Å². The number of nitrogens with one attached hydrogen (secondary N) is 2. The lowest BCUT2D eigenvalue weighted by Crippen LogP contribution is -2.27. The minimum Gasteiger partial charge on any atom is -0.497 e. The van der Waals surface area contributed by atoms with Crippen LogP contribution in [0.15, 0.2) is 77.7 Å². The third kappa shape index (κ3) is 5.35. The van der Waals surface area contributed by atoms with Crippen molar-refractivity contribution in [2.75, 3.05) is 18.9 Å². The lowest BCUT2D eigenvalue weighted by Gasteiger charge is -2.17. The Morgan fingerprint density at radius 2 is 1.52 bits per heavy atom. The Balaban J connectivity index is 1.70. The van der Waals surface area contributed by atoms with Crippen LogP contribution in [0, 0.1) is 0 Å². The van der Waals surface area contributed by atoms with Gasteiger partial charge in [-0.1, -0.05) is 18.2 Å². The number of rotatable bonds is 8. The zero-order valence-corrected chi connectivity index (χ0v) is 18.3. The second kappa shape index (κ2) is 9.53. The van der Waals surface area contributed by atoms with E-state index >= 15 is 0 Å². The van der Waals surface area contributed by atoms with Crippen molar-refractivity contribution in [2.45, 2.75) is 17.9 Å². The number of carbonyl (C=O) groups is 1. The molecule has 3 rings (SSSR count). The van der Waals surface area contributed by atoms with Crippen LogP contribution in [0.1, 0.15) is 28.9 Å². The van der Waals surface area contributed by atoms with Crippen LogP contribution < -0.4 is 19.5 Å². The third-order valence-electron chi connectivity index (χ3n) is 4.72. The molecule has 1 amide bonds. The highest BCUT2D eigenvalue weighted by atomic mass is 32.2. The second-order valence-electron chi connectivity index (χ2n) is 6.80. The van der Waals surface area contributed by atoms with Gasteiger partial charge in [0.05, 0.1) is 25.2 Å². The predicted molar refractivity (Wildman–Crippen MR) is 119 cm³/mol. The second-order valence-corrected chi connectivity index (χ2v) is 8.48. The molecule has 0 aliphatic heterocycles. The Hall–Kier alpha value is -3.52. The SMILES string of the molecule is COc1ccc(NS(=O)(=O)c2ccc(C(=O)NC(C)c3ccccc3OC)cc2)cc1. The van der Waals surface area contributed by atoms with Crippen molar-refractivity contribution < 1.29 is 22.7 Å². The maximum atomic E-state index is 12.6. The number of ether oxygens (including phenoxy) is 2. The number of amides is 1. The molecule has 31 heavy (non-hydrogen) atoms. The summed E-state index contributed by atoms with van der Waals surface area (Å²) < 4.78 is 38.1. The Bertz CT molecular complexity index is 1140. The van der Waals surface area contributed by atoms with E-state index in [1.807, 2.05) is 31.2 Å². The molecule has 0 fully saturated rings. The Morgan fingerprint density at radius 1 is 0.871 bits per heavy atom. The molecule has 3 aromatic carbocycles. The van der Waals surface area contributed by atoms with E-state index in [1.54, 1.807) is 31.4 Å². The van der Waals surface area contributed by atoms with Gasteiger partial charge in [0, 0.05) is 16.8 Å². The summed E-state index contributed by atoms with van der Waals surface area (Å²) in [7, 11) is -0.678. The first-order valence-corrected chi connectivity index (χ1v) is 11.0. The molecule has 1 atom stereocenters. The smallest absolute Gasteiger partial charge is 0.261 e. The minimum absolute atomic E-state index is 0.0534. The van der Waals surface area contributed by atoms with Crippen molar-refractivity contribution >= 4 is 21.6 Å². The van der Waals surface area contributed by atoms with Gasteiger partial charge in [0.2, 0.25) is 0 Å². The molecule has 0 heterocycles. The van der Waals surface area contributed by atoms with Gasteiger partial charge >= 0.3 is 0 Å². The summed E-state index contributed by atoms with van der Waals surface area (Å²) >= 11 is 0. The maximum Gasteiger partial charge on any atom is 0.261 e. The Morgan fingerprint density at radius 3 is 2.13 bits per heavy atom. The van der Waals surface area contributed by atoms with Crippen molar-refractivity contribution in [2.24, 2.45) is 0 Å². The van der Waals surface area contributed by atoms with E-state index in [2.05, 4.69) is 10.0 Å². The van der Waals surface area contributed by atoms with Crippen LogP contribution in [-0.4, -0.2) is 28.5 Å². The van der Waals surface area contributed by atoms with Gasteiger partial charge in [0.15, 0.2) is 0 Å². The average molecular weight is 441 g/mol. The summed E-state index contributed by atoms with van der Waals surface area (Å²) in [6.07, 6.45) is 0. The highest BCUT2D eigenvalue weighted by Crippen LogP contribution is 2.25. The molecule has 162 valence electrons. The van der Waals surface area contributed by atoms with Crippen molar-refractivity contribution in [3.05, 3.63) is 83.9 Å². The summed E-state index contributed by atoms with van der Waals surface area (Å²) in [5.41, 5.74) is 1.61. The molecular formula is C23H24N2O5S. The van der Waals surface area contributed by atoms with Crippen LogP contribution in [-0.2, 0) is 10.0 Å². The van der Waals surface area contributed by atoms with Crippen LogP contribution >= 0.6 is 0 Å². The molecule has 0 radical (unpaired) electrons. The number of carbonyl (C=O) groups excluding carboxylic acids is 1. The number of methoxy groups -OCH3 is 2. The number of benzene rings is 3. The number of para-hydroxylation sites is 1. The molecule has 0 aliphatic carbocycles. The molecule has 2 N–H and O–H groups in total. The van der Waals surface area contributed by atoms with E-state index in [0.717, 1.165) is 5.56 Å². The minimum atomic E-state index is -3.79. The number of hydrogen-bond acceptors (Lipinski definition) is 5. The molecule has 0 aliphatic rings. The van der Waals surface area contributed by atoms with Gasteiger partial charge < -0.3 is 14.8 Å². The van der Waals surface area contributed by atoms with Crippen molar-refractivity contribution in [1.82, 2.24) is 5.32 Å². The number of anilines is 1. The molecule has 3 aromatic rings. The zero-order valence-electron chi connectivity index (χ0n) is 17.5. The fourth-order valence-corrected chi connectivity index (χ4v) is 4.10. The van der Waals surface area contributed by atoms with E-state index in [0.29, 0.717) is 22.7 Å². The lowest BCUT2D eigenvalue weighted by atomic mass is 10.1. The van der Waals surface area contributed by atoms with Crippen molar-refractivity contribution in [3.8, 4) is 11.5 Å². The standard InChI is InChI=1S/C23H24N2O5S/c1-16(21-6-4-5-7-22(21)30-3)24-23(26)17-8-14-20(15-9-17)31(27,28)25-18-10-12-19(29-2)13-11-18/h4-16,25H,1-3H3,(H,24,26). The third-order valence-corrected chi connectivity index (χ3v) is 6.12. The number of sulfonamides is 1. The van der Waals surface area contributed by atoms with Crippen LogP contribution in [0.2, 0.25) is 0 Å². The summed E-state index contributed by atoms with van der Waals surface area (Å²) in [6, 6.07) is 19.4. The van der Waals surface area contributed by atoms with E-state index in [4.69, 9.17) is 9.47 Å². The Labute approximate surface area is 182 Å². The zero-order chi connectivity index (χ0) is 22.4. The summed E-state index contributed by atoms with van der Waals surface area (Å²) in [6.45, 7) is 1.85. The molecule has 7 nitrogen and oxygen atoms in total. The fourth-order valence-electron chi connectivity index (χ4n) is 3.04. The first-order chi connectivity index (χ1) is 14.8. The van der Waals surface area contributed by atoms with Gasteiger partial charge in [-0.25, -0.2) is 8.42 Å². The molecular weight excluding hydrogens is 416 g/mol. The van der Waals surface area contributed by atoms with Crippen LogP contribution in [0.25, 0.3) is 0 Å². The molecule has 0 spiro atoms. The summed E-state index contributed by atoms with van der Waals surface area (Å²) in [5.74, 6) is 0.993.